The third-order valence-corrected chi connectivity index (χ3v) is 5.42. The molecular weight excluding hydrogens is 330 g/mol. The Morgan fingerprint density at radius 1 is 1.42 bits per heavy atom. The summed E-state index contributed by atoms with van der Waals surface area (Å²) in [6.07, 6.45) is 1.53. The minimum Gasteiger partial charge on any atom is -0.485 e. The Balaban J connectivity index is 1.61. The second kappa shape index (κ2) is 5.71. The number of amides is 1. The third-order valence-electron chi connectivity index (χ3n) is 3.49. The Hall–Kier alpha value is -0.750. The highest BCUT2D eigenvalue weighted by Gasteiger charge is 2.29. The maximum Gasteiger partial charge on any atom is 0.222 e. The predicted molar refractivity (Wildman–Crippen MR) is 77.5 cm³/mol. The number of carbonyl (C=O) groups is 1. The molecule has 1 unspecified atom stereocenters. The first-order chi connectivity index (χ1) is 9.28. The minimum atomic E-state index is 0.270. The van der Waals surface area contributed by atoms with Crippen molar-refractivity contribution < 1.29 is 14.3 Å². The number of likely N-dealkylation sites (tertiary alicyclic amines) is 1. The van der Waals surface area contributed by atoms with Crippen molar-refractivity contribution in [1.29, 1.82) is 0 Å². The number of nitrogens with zero attached hydrogens (tertiary/aromatic N) is 1. The molecule has 1 saturated heterocycles. The van der Waals surface area contributed by atoms with E-state index in [4.69, 9.17) is 9.47 Å². The molecule has 19 heavy (non-hydrogen) atoms. The van der Waals surface area contributed by atoms with E-state index in [0.717, 1.165) is 36.3 Å². The lowest BCUT2D eigenvalue weighted by molar-refractivity contribution is -0.127. The Bertz CT molecular complexity index is 476. The van der Waals surface area contributed by atoms with Gasteiger partial charge in [-0.25, -0.2) is 0 Å². The van der Waals surface area contributed by atoms with Crippen LogP contribution in [0.25, 0.3) is 0 Å². The fraction of sp³-hybridized carbons (Fsp3) is 0.615. The van der Waals surface area contributed by atoms with Crippen molar-refractivity contribution in [3.8, 4) is 11.5 Å². The van der Waals surface area contributed by atoms with Crippen LogP contribution in [0, 0.1) is 5.92 Å². The Morgan fingerprint density at radius 2 is 2.26 bits per heavy atom. The van der Waals surface area contributed by atoms with E-state index < -0.39 is 0 Å². The van der Waals surface area contributed by atoms with Crippen LogP contribution in [0.1, 0.15) is 11.3 Å². The van der Waals surface area contributed by atoms with Crippen LogP contribution in [0.2, 0.25) is 0 Å². The molecule has 104 valence electrons. The van der Waals surface area contributed by atoms with Crippen molar-refractivity contribution in [1.82, 2.24) is 4.90 Å². The maximum atomic E-state index is 11.8. The molecule has 0 aromatic carbocycles. The van der Waals surface area contributed by atoms with E-state index in [9.17, 15) is 4.79 Å². The molecule has 1 fully saturated rings. The zero-order valence-electron chi connectivity index (χ0n) is 10.6. The van der Waals surface area contributed by atoms with Crippen LogP contribution < -0.4 is 9.47 Å². The van der Waals surface area contributed by atoms with Gasteiger partial charge < -0.3 is 14.4 Å². The van der Waals surface area contributed by atoms with Crippen molar-refractivity contribution in [3.05, 3.63) is 10.3 Å². The van der Waals surface area contributed by atoms with E-state index >= 15 is 0 Å². The molecule has 0 spiro atoms. The first kappa shape index (κ1) is 13.2. The Morgan fingerprint density at radius 3 is 3.05 bits per heavy atom. The number of rotatable bonds is 4. The van der Waals surface area contributed by atoms with Crippen LogP contribution in [0.5, 0.6) is 11.5 Å². The van der Waals surface area contributed by atoms with E-state index in [1.54, 1.807) is 11.3 Å². The van der Waals surface area contributed by atoms with Gasteiger partial charge in [0.25, 0.3) is 0 Å². The van der Waals surface area contributed by atoms with Crippen LogP contribution >= 0.6 is 27.3 Å². The smallest absolute Gasteiger partial charge is 0.222 e. The first-order valence-corrected chi connectivity index (χ1v) is 8.47. The van der Waals surface area contributed by atoms with Crippen molar-refractivity contribution in [2.24, 2.45) is 5.92 Å². The van der Waals surface area contributed by atoms with E-state index in [1.807, 2.05) is 10.3 Å². The molecular formula is C13H16BrNO3S. The number of alkyl halides is 1. The lowest BCUT2D eigenvalue weighted by atomic mass is 10.2. The molecule has 1 atom stereocenters. The highest BCUT2D eigenvalue weighted by Crippen LogP contribution is 2.39. The van der Waals surface area contributed by atoms with Gasteiger partial charge in [0.05, 0.1) is 4.88 Å². The summed E-state index contributed by atoms with van der Waals surface area (Å²) in [6, 6.07) is 0. The predicted octanol–water partition coefficient (Wildman–Crippen LogP) is 2.31. The average molecular weight is 346 g/mol. The summed E-state index contributed by atoms with van der Waals surface area (Å²) >= 11 is 5.12. The van der Waals surface area contributed by atoms with Gasteiger partial charge in [0, 0.05) is 36.6 Å². The summed E-state index contributed by atoms with van der Waals surface area (Å²) in [5, 5.41) is 2.90. The maximum absolute atomic E-state index is 11.8. The zero-order chi connectivity index (χ0) is 13.2. The van der Waals surface area contributed by atoms with Gasteiger partial charge in [0.15, 0.2) is 11.5 Å². The monoisotopic (exact) mass is 345 g/mol. The molecule has 1 amide bonds. The molecule has 2 aliphatic rings. The summed E-state index contributed by atoms with van der Waals surface area (Å²) in [6.45, 7) is 2.89. The van der Waals surface area contributed by atoms with Gasteiger partial charge in [-0.2, -0.15) is 0 Å². The van der Waals surface area contributed by atoms with Gasteiger partial charge in [0.1, 0.15) is 13.2 Å². The van der Waals surface area contributed by atoms with Gasteiger partial charge in [0.2, 0.25) is 5.91 Å². The molecule has 0 radical (unpaired) electrons. The van der Waals surface area contributed by atoms with E-state index in [1.165, 1.54) is 4.88 Å². The van der Waals surface area contributed by atoms with E-state index in [0.29, 0.717) is 25.6 Å². The standard InChI is InChI=1S/C13H16BrNO3S/c14-6-9-5-12(16)15(7-9)2-1-11-13-10(8-19-11)17-3-4-18-13/h8-9H,1-7H2. The number of ether oxygens (including phenoxy) is 2. The van der Waals surface area contributed by atoms with Crippen LogP contribution in [0.4, 0.5) is 0 Å². The molecule has 3 rings (SSSR count). The fourth-order valence-electron chi connectivity index (χ4n) is 2.50. The average Bonchev–Trinajstić information content (AvgIpc) is 3.00. The van der Waals surface area contributed by atoms with Crippen molar-refractivity contribution in [2.75, 3.05) is 31.6 Å². The number of fused-ring (bicyclic) bond motifs is 1. The van der Waals surface area contributed by atoms with Crippen molar-refractivity contribution in [2.45, 2.75) is 12.8 Å². The van der Waals surface area contributed by atoms with Gasteiger partial charge in [-0.1, -0.05) is 15.9 Å². The Kier molecular flexibility index (Phi) is 3.98. The number of hydrogen-bond donors (Lipinski definition) is 0. The van der Waals surface area contributed by atoms with Crippen molar-refractivity contribution >= 4 is 33.2 Å². The molecule has 2 aliphatic heterocycles. The molecule has 1 aromatic heterocycles. The zero-order valence-corrected chi connectivity index (χ0v) is 13.0. The SMILES string of the molecule is O=C1CC(CBr)CN1CCc1scc2c1OCCO2. The second-order valence-corrected chi connectivity index (χ2v) is 6.48. The van der Waals surface area contributed by atoms with Crippen LogP contribution in [-0.4, -0.2) is 42.4 Å². The van der Waals surface area contributed by atoms with Crippen LogP contribution in [0.15, 0.2) is 5.38 Å². The van der Waals surface area contributed by atoms with Crippen LogP contribution in [-0.2, 0) is 11.2 Å². The number of halogens is 1. The van der Waals surface area contributed by atoms with E-state index in [-0.39, 0.29) is 5.91 Å². The highest BCUT2D eigenvalue weighted by atomic mass is 79.9. The number of hydrogen-bond acceptors (Lipinski definition) is 4. The lowest BCUT2D eigenvalue weighted by Crippen LogP contribution is -2.27. The largest absolute Gasteiger partial charge is 0.485 e. The summed E-state index contributed by atoms with van der Waals surface area (Å²) in [5.41, 5.74) is 0. The molecule has 0 N–H and O–H groups in total. The Labute approximate surface area is 124 Å². The molecule has 0 aliphatic carbocycles. The number of thiophene rings is 1. The summed E-state index contributed by atoms with van der Waals surface area (Å²) < 4.78 is 11.2. The number of carbonyl (C=O) groups excluding carboxylic acids is 1. The molecule has 4 nitrogen and oxygen atoms in total. The molecule has 3 heterocycles. The third kappa shape index (κ3) is 2.74. The summed E-state index contributed by atoms with van der Waals surface area (Å²) in [4.78, 5) is 15.0. The molecule has 1 aromatic rings. The molecule has 6 heteroatoms. The van der Waals surface area contributed by atoms with Crippen LogP contribution in [0.3, 0.4) is 0 Å². The van der Waals surface area contributed by atoms with Gasteiger partial charge in [-0.15, -0.1) is 11.3 Å². The van der Waals surface area contributed by atoms with E-state index in [2.05, 4.69) is 15.9 Å². The highest BCUT2D eigenvalue weighted by molar-refractivity contribution is 9.09. The lowest BCUT2D eigenvalue weighted by Gasteiger charge is -2.18. The van der Waals surface area contributed by atoms with Gasteiger partial charge >= 0.3 is 0 Å². The second-order valence-electron chi connectivity index (χ2n) is 4.86. The quantitative estimate of drug-likeness (QED) is 0.786. The normalized spacial score (nSPS) is 22.1. The minimum absolute atomic E-state index is 0.270. The molecule has 0 saturated carbocycles. The van der Waals surface area contributed by atoms with Gasteiger partial charge in [-0.3, -0.25) is 4.79 Å². The topological polar surface area (TPSA) is 38.8 Å². The summed E-state index contributed by atoms with van der Waals surface area (Å²) in [5.74, 6) is 2.48. The van der Waals surface area contributed by atoms with Gasteiger partial charge in [-0.05, 0) is 5.92 Å². The molecule has 0 bridgehead atoms. The summed E-state index contributed by atoms with van der Waals surface area (Å²) in [7, 11) is 0. The first-order valence-electron chi connectivity index (χ1n) is 6.47. The van der Waals surface area contributed by atoms with Crippen molar-refractivity contribution in [3.63, 3.8) is 0 Å². The fourth-order valence-corrected chi connectivity index (χ4v) is 3.83.